The van der Waals surface area contributed by atoms with E-state index in [-0.39, 0.29) is 11.8 Å². The Hall–Kier alpha value is -1.05. The Bertz CT molecular complexity index is 265. The molecule has 1 heterocycles. The Labute approximate surface area is 72.3 Å². The predicted octanol–water partition coefficient (Wildman–Crippen LogP) is 1.25. The van der Waals surface area contributed by atoms with Gasteiger partial charge in [0.2, 0.25) is 5.91 Å². The molecule has 0 aromatic carbocycles. The van der Waals surface area contributed by atoms with E-state index in [1.807, 2.05) is 6.08 Å². The van der Waals surface area contributed by atoms with Gasteiger partial charge in [0.1, 0.15) is 0 Å². The minimum absolute atomic E-state index is 0.111. The highest BCUT2D eigenvalue weighted by Gasteiger charge is 2.32. The van der Waals surface area contributed by atoms with E-state index in [0.29, 0.717) is 5.92 Å². The van der Waals surface area contributed by atoms with Crippen molar-refractivity contribution in [3.05, 3.63) is 23.8 Å². The lowest BCUT2D eigenvalue weighted by Crippen LogP contribution is -2.18. The second-order valence-corrected chi connectivity index (χ2v) is 3.39. The first-order valence-electron chi connectivity index (χ1n) is 4.48. The third-order valence-corrected chi connectivity index (χ3v) is 2.63. The van der Waals surface area contributed by atoms with E-state index in [1.165, 1.54) is 5.57 Å². The van der Waals surface area contributed by atoms with Crippen LogP contribution in [0.1, 0.15) is 13.3 Å². The maximum Gasteiger partial charge on any atom is 0.227 e. The number of rotatable bonds is 1. The second-order valence-electron chi connectivity index (χ2n) is 3.39. The molecular weight excluding hydrogens is 150 g/mol. The summed E-state index contributed by atoms with van der Waals surface area (Å²) in [7, 11) is 0. The van der Waals surface area contributed by atoms with Crippen LogP contribution in [0, 0.1) is 11.8 Å². The van der Waals surface area contributed by atoms with Crippen molar-refractivity contribution in [3.8, 4) is 0 Å². The fraction of sp³-hybridized carbons (Fsp3) is 0.500. The maximum absolute atomic E-state index is 11.2. The Kier molecular flexibility index (Phi) is 1.75. The first kappa shape index (κ1) is 7.59. The monoisotopic (exact) mass is 163 g/mol. The molecule has 0 aromatic heterocycles. The summed E-state index contributed by atoms with van der Waals surface area (Å²) in [5.41, 5.74) is 1.35. The van der Waals surface area contributed by atoms with Gasteiger partial charge in [-0.1, -0.05) is 30.7 Å². The number of hydrogen-bond donors (Lipinski definition) is 1. The Morgan fingerprint density at radius 1 is 1.67 bits per heavy atom. The van der Waals surface area contributed by atoms with Crippen molar-refractivity contribution in [1.29, 1.82) is 0 Å². The molecule has 1 N–H and O–H groups in total. The van der Waals surface area contributed by atoms with E-state index in [2.05, 4.69) is 24.4 Å². The summed E-state index contributed by atoms with van der Waals surface area (Å²) in [6, 6.07) is 0. The van der Waals surface area contributed by atoms with Crippen LogP contribution in [0.5, 0.6) is 0 Å². The van der Waals surface area contributed by atoms with Crippen LogP contribution in [0.4, 0.5) is 0 Å². The largest absolute Gasteiger partial charge is 0.355 e. The Morgan fingerprint density at radius 2 is 2.50 bits per heavy atom. The van der Waals surface area contributed by atoms with Gasteiger partial charge < -0.3 is 5.32 Å². The fourth-order valence-electron chi connectivity index (χ4n) is 1.84. The van der Waals surface area contributed by atoms with Gasteiger partial charge in [-0.25, -0.2) is 0 Å². The molecule has 2 unspecified atom stereocenters. The molecule has 0 spiro atoms. The van der Waals surface area contributed by atoms with Crippen molar-refractivity contribution in [2.75, 3.05) is 6.54 Å². The Balaban J connectivity index is 2.21. The lowest BCUT2D eigenvalue weighted by molar-refractivity contribution is -0.121. The van der Waals surface area contributed by atoms with Crippen molar-refractivity contribution in [1.82, 2.24) is 5.32 Å². The van der Waals surface area contributed by atoms with Crippen LogP contribution >= 0.6 is 0 Å². The van der Waals surface area contributed by atoms with Crippen LogP contribution in [0.15, 0.2) is 23.8 Å². The van der Waals surface area contributed by atoms with Crippen molar-refractivity contribution < 1.29 is 4.79 Å². The first-order valence-corrected chi connectivity index (χ1v) is 4.48. The highest BCUT2D eigenvalue weighted by atomic mass is 16.2. The number of carbonyl (C=O) groups is 1. The quantitative estimate of drug-likeness (QED) is 0.619. The topological polar surface area (TPSA) is 29.1 Å². The number of fused-ring (bicyclic) bond motifs is 1. The molecule has 1 aliphatic heterocycles. The molecule has 12 heavy (non-hydrogen) atoms. The third-order valence-electron chi connectivity index (χ3n) is 2.63. The van der Waals surface area contributed by atoms with Gasteiger partial charge in [0.15, 0.2) is 0 Å². The van der Waals surface area contributed by atoms with Gasteiger partial charge in [-0.15, -0.1) is 0 Å². The van der Waals surface area contributed by atoms with Gasteiger partial charge in [-0.2, -0.15) is 0 Å². The molecule has 0 bridgehead atoms. The summed E-state index contributed by atoms with van der Waals surface area (Å²) < 4.78 is 0. The zero-order chi connectivity index (χ0) is 8.55. The van der Waals surface area contributed by atoms with Gasteiger partial charge in [0.25, 0.3) is 0 Å². The van der Waals surface area contributed by atoms with E-state index in [4.69, 9.17) is 0 Å². The summed E-state index contributed by atoms with van der Waals surface area (Å²) in [4.78, 5) is 11.2. The minimum atomic E-state index is 0.111. The summed E-state index contributed by atoms with van der Waals surface area (Å²) in [6.07, 6.45) is 7.40. The van der Waals surface area contributed by atoms with Gasteiger partial charge in [-0.3, -0.25) is 4.79 Å². The van der Waals surface area contributed by atoms with Crippen LogP contribution in [0.25, 0.3) is 0 Å². The summed E-state index contributed by atoms with van der Waals surface area (Å²) >= 11 is 0. The van der Waals surface area contributed by atoms with Crippen LogP contribution in [0.3, 0.4) is 0 Å². The average molecular weight is 163 g/mol. The van der Waals surface area contributed by atoms with Crippen LogP contribution < -0.4 is 5.32 Å². The van der Waals surface area contributed by atoms with Crippen molar-refractivity contribution in [3.63, 3.8) is 0 Å². The van der Waals surface area contributed by atoms with E-state index in [9.17, 15) is 4.79 Å². The second kappa shape index (κ2) is 2.77. The van der Waals surface area contributed by atoms with Crippen molar-refractivity contribution in [2.24, 2.45) is 11.8 Å². The fourth-order valence-corrected chi connectivity index (χ4v) is 1.84. The van der Waals surface area contributed by atoms with Crippen molar-refractivity contribution in [2.45, 2.75) is 13.3 Å². The molecule has 0 aromatic rings. The molecule has 2 atom stereocenters. The SMILES string of the molecule is CCC1=CC2CNC(=O)C2C=C1. The van der Waals surface area contributed by atoms with E-state index < -0.39 is 0 Å². The van der Waals surface area contributed by atoms with Crippen LogP contribution in [-0.4, -0.2) is 12.5 Å². The molecule has 0 saturated carbocycles. The number of nitrogens with one attached hydrogen (secondary N) is 1. The van der Waals surface area contributed by atoms with Crippen molar-refractivity contribution >= 4 is 5.91 Å². The smallest absolute Gasteiger partial charge is 0.227 e. The minimum Gasteiger partial charge on any atom is -0.355 e. The number of hydrogen-bond acceptors (Lipinski definition) is 1. The van der Waals surface area contributed by atoms with Crippen LogP contribution in [0.2, 0.25) is 0 Å². The van der Waals surface area contributed by atoms with E-state index in [1.54, 1.807) is 0 Å². The molecule has 2 rings (SSSR count). The molecule has 1 fully saturated rings. The van der Waals surface area contributed by atoms with Gasteiger partial charge in [0.05, 0.1) is 5.92 Å². The average Bonchev–Trinajstić information content (AvgIpc) is 2.47. The number of amides is 1. The van der Waals surface area contributed by atoms with Gasteiger partial charge in [-0.05, 0) is 6.42 Å². The third kappa shape index (κ3) is 1.07. The highest BCUT2D eigenvalue weighted by molar-refractivity contribution is 5.83. The van der Waals surface area contributed by atoms with E-state index >= 15 is 0 Å². The van der Waals surface area contributed by atoms with E-state index in [0.717, 1.165) is 13.0 Å². The molecular formula is C10H13NO. The first-order chi connectivity index (χ1) is 5.81. The molecule has 1 aliphatic carbocycles. The maximum atomic E-state index is 11.2. The van der Waals surface area contributed by atoms with Crippen LogP contribution in [-0.2, 0) is 4.79 Å². The molecule has 1 amide bonds. The normalized spacial score (nSPS) is 32.8. The van der Waals surface area contributed by atoms with Gasteiger partial charge in [0, 0.05) is 12.5 Å². The molecule has 64 valence electrons. The standard InChI is InChI=1S/C10H13NO/c1-2-7-3-4-9-8(5-7)6-11-10(9)12/h3-5,8-9H,2,6H2,1H3,(H,11,12). The molecule has 2 nitrogen and oxygen atoms in total. The number of carbonyl (C=O) groups excluding carboxylic acids is 1. The zero-order valence-electron chi connectivity index (χ0n) is 7.21. The number of allylic oxidation sites excluding steroid dienone is 2. The summed E-state index contributed by atoms with van der Waals surface area (Å²) in [5.74, 6) is 0.709. The zero-order valence-corrected chi connectivity index (χ0v) is 7.21. The molecule has 2 aliphatic rings. The predicted molar refractivity (Wildman–Crippen MR) is 47.5 cm³/mol. The molecule has 2 heteroatoms. The summed E-state index contributed by atoms with van der Waals surface area (Å²) in [5, 5.41) is 2.87. The molecule has 0 radical (unpaired) electrons. The molecule has 1 saturated heterocycles. The van der Waals surface area contributed by atoms with Gasteiger partial charge >= 0.3 is 0 Å². The highest BCUT2D eigenvalue weighted by Crippen LogP contribution is 2.27. The lowest BCUT2D eigenvalue weighted by atomic mass is 9.87. The Morgan fingerprint density at radius 3 is 3.25 bits per heavy atom. The lowest BCUT2D eigenvalue weighted by Gasteiger charge is -2.14. The summed E-state index contributed by atoms with van der Waals surface area (Å²) in [6.45, 7) is 2.96.